The second kappa shape index (κ2) is 7.43. The van der Waals surface area contributed by atoms with Crippen LogP contribution in [0.25, 0.3) is 0 Å². The monoisotopic (exact) mass is 306 g/mol. The van der Waals surface area contributed by atoms with Crippen LogP contribution < -0.4 is 14.8 Å². The first-order chi connectivity index (χ1) is 10.2. The van der Waals surface area contributed by atoms with Crippen molar-refractivity contribution < 1.29 is 9.47 Å². The Kier molecular flexibility index (Phi) is 5.59. The third kappa shape index (κ3) is 3.54. The molecule has 114 valence electrons. The van der Waals surface area contributed by atoms with Gasteiger partial charge in [-0.1, -0.05) is 6.07 Å². The van der Waals surface area contributed by atoms with E-state index < -0.39 is 0 Å². The van der Waals surface area contributed by atoms with Crippen molar-refractivity contribution >= 4 is 11.3 Å². The summed E-state index contributed by atoms with van der Waals surface area (Å²) in [4.78, 5) is 5.57. The molecule has 0 radical (unpaired) electrons. The maximum Gasteiger partial charge on any atom is 0.161 e. The number of rotatable bonds is 7. The molecule has 0 saturated heterocycles. The SMILES string of the molecule is CCOc1ccc(C(NC)c2scnc2C)cc1OCC. The van der Waals surface area contributed by atoms with Gasteiger partial charge in [-0.05, 0) is 45.5 Å². The van der Waals surface area contributed by atoms with Crippen molar-refractivity contribution in [1.82, 2.24) is 10.3 Å². The van der Waals surface area contributed by atoms with Crippen molar-refractivity contribution in [1.29, 1.82) is 0 Å². The van der Waals surface area contributed by atoms with Crippen LogP contribution in [-0.2, 0) is 0 Å². The van der Waals surface area contributed by atoms with Crippen LogP contribution >= 0.6 is 11.3 Å². The number of aromatic nitrogens is 1. The highest BCUT2D eigenvalue weighted by atomic mass is 32.1. The van der Waals surface area contributed by atoms with Gasteiger partial charge in [-0.3, -0.25) is 0 Å². The number of benzene rings is 1. The minimum Gasteiger partial charge on any atom is -0.490 e. The molecule has 0 aliphatic heterocycles. The number of ether oxygens (including phenoxy) is 2. The van der Waals surface area contributed by atoms with Gasteiger partial charge in [0, 0.05) is 4.88 Å². The first kappa shape index (κ1) is 15.8. The Morgan fingerprint density at radius 2 is 1.90 bits per heavy atom. The highest BCUT2D eigenvalue weighted by molar-refractivity contribution is 7.09. The van der Waals surface area contributed by atoms with Gasteiger partial charge in [0.25, 0.3) is 0 Å². The van der Waals surface area contributed by atoms with E-state index in [0.29, 0.717) is 13.2 Å². The van der Waals surface area contributed by atoms with Gasteiger partial charge in [-0.15, -0.1) is 11.3 Å². The fourth-order valence-electron chi connectivity index (χ4n) is 2.28. The zero-order valence-electron chi connectivity index (χ0n) is 13.0. The minimum atomic E-state index is 0.118. The third-order valence-electron chi connectivity index (χ3n) is 3.23. The molecule has 0 amide bonds. The molecule has 1 N–H and O–H groups in total. The Hall–Kier alpha value is -1.59. The average Bonchev–Trinajstić information content (AvgIpc) is 2.89. The molecule has 4 nitrogen and oxygen atoms in total. The van der Waals surface area contributed by atoms with Crippen molar-refractivity contribution in [3.05, 3.63) is 39.8 Å². The fraction of sp³-hybridized carbons (Fsp3) is 0.438. The van der Waals surface area contributed by atoms with E-state index in [9.17, 15) is 0 Å². The van der Waals surface area contributed by atoms with Crippen molar-refractivity contribution in [2.45, 2.75) is 26.8 Å². The van der Waals surface area contributed by atoms with Crippen LogP contribution in [0, 0.1) is 6.92 Å². The van der Waals surface area contributed by atoms with Crippen LogP contribution in [0.5, 0.6) is 11.5 Å². The minimum absolute atomic E-state index is 0.118. The molecule has 0 aliphatic carbocycles. The van der Waals surface area contributed by atoms with Crippen LogP contribution in [-0.4, -0.2) is 25.2 Å². The topological polar surface area (TPSA) is 43.4 Å². The summed E-state index contributed by atoms with van der Waals surface area (Å²) in [6.07, 6.45) is 0. The largest absolute Gasteiger partial charge is 0.490 e. The van der Waals surface area contributed by atoms with Gasteiger partial charge < -0.3 is 14.8 Å². The second-order valence-corrected chi connectivity index (χ2v) is 5.48. The third-order valence-corrected chi connectivity index (χ3v) is 4.23. The van der Waals surface area contributed by atoms with Gasteiger partial charge in [0.1, 0.15) is 0 Å². The maximum atomic E-state index is 5.71. The lowest BCUT2D eigenvalue weighted by Crippen LogP contribution is -2.17. The zero-order chi connectivity index (χ0) is 15.2. The van der Waals surface area contributed by atoms with E-state index >= 15 is 0 Å². The lowest BCUT2D eigenvalue weighted by molar-refractivity contribution is 0.287. The van der Waals surface area contributed by atoms with E-state index in [2.05, 4.69) is 22.4 Å². The Labute approximate surface area is 130 Å². The second-order valence-electron chi connectivity index (χ2n) is 4.60. The zero-order valence-corrected chi connectivity index (χ0v) is 13.8. The number of aryl methyl sites for hydroxylation is 1. The average molecular weight is 306 g/mol. The van der Waals surface area contributed by atoms with Gasteiger partial charge in [-0.2, -0.15) is 0 Å². The van der Waals surface area contributed by atoms with Crippen molar-refractivity contribution in [3.63, 3.8) is 0 Å². The van der Waals surface area contributed by atoms with Crippen LogP contribution in [0.2, 0.25) is 0 Å². The summed E-state index contributed by atoms with van der Waals surface area (Å²) in [5.41, 5.74) is 4.09. The normalized spacial score (nSPS) is 12.2. The molecule has 1 aromatic carbocycles. The number of hydrogen-bond acceptors (Lipinski definition) is 5. The van der Waals surface area contributed by atoms with Gasteiger partial charge in [0.15, 0.2) is 11.5 Å². The molecule has 2 rings (SSSR count). The smallest absolute Gasteiger partial charge is 0.161 e. The first-order valence-corrected chi connectivity index (χ1v) is 8.06. The molecule has 2 aromatic rings. The van der Waals surface area contributed by atoms with Crippen LogP contribution in [0.15, 0.2) is 23.7 Å². The summed E-state index contributed by atoms with van der Waals surface area (Å²) in [7, 11) is 1.96. The van der Waals surface area contributed by atoms with E-state index in [1.165, 1.54) is 4.88 Å². The lowest BCUT2D eigenvalue weighted by atomic mass is 10.0. The van der Waals surface area contributed by atoms with E-state index in [-0.39, 0.29) is 6.04 Å². The lowest BCUT2D eigenvalue weighted by Gasteiger charge is -2.18. The maximum absolute atomic E-state index is 5.71. The molecular weight excluding hydrogens is 284 g/mol. The summed E-state index contributed by atoms with van der Waals surface area (Å²) < 4.78 is 11.3. The fourth-order valence-corrected chi connectivity index (χ4v) is 3.22. The summed E-state index contributed by atoms with van der Waals surface area (Å²) in [6, 6.07) is 6.22. The van der Waals surface area contributed by atoms with E-state index in [0.717, 1.165) is 22.8 Å². The quantitative estimate of drug-likeness (QED) is 0.849. The Bertz CT molecular complexity index is 583. The van der Waals surface area contributed by atoms with E-state index in [1.54, 1.807) is 11.3 Å². The van der Waals surface area contributed by atoms with Crippen LogP contribution in [0.1, 0.15) is 36.0 Å². The molecule has 1 heterocycles. The molecule has 1 unspecified atom stereocenters. The van der Waals surface area contributed by atoms with Crippen molar-refractivity contribution in [3.8, 4) is 11.5 Å². The molecular formula is C16H22N2O2S. The first-order valence-electron chi connectivity index (χ1n) is 7.18. The van der Waals surface area contributed by atoms with Crippen LogP contribution in [0.4, 0.5) is 0 Å². The van der Waals surface area contributed by atoms with Crippen LogP contribution in [0.3, 0.4) is 0 Å². The summed E-state index contributed by atoms with van der Waals surface area (Å²) in [6.45, 7) is 7.23. The Morgan fingerprint density at radius 1 is 1.19 bits per heavy atom. The summed E-state index contributed by atoms with van der Waals surface area (Å²) >= 11 is 1.67. The standard InChI is InChI=1S/C16H22N2O2S/c1-5-19-13-8-7-12(9-14(13)20-6-2)15(17-4)16-11(3)18-10-21-16/h7-10,15,17H,5-6H2,1-4H3. The van der Waals surface area contributed by atoms with Gasteiger partial charge in [0.05, 0.1) is 30.5 Å². The predicted octanol–water partition coefficient (Wildman–Crippen LogP) is 3.56. The van der Waals surface area contributed by atoms with E-state index in [1.807, 2.05) is 39.4 Å². The molecule has 21 heavy (non-hydrogen) atoms. The van der Waals surface area contributed by atoms with E-state index in [4.69, 9.17) is 9.47 Å². The van der Waals surface area contributed by atoms with Gasteiger partial charge in [0.2, 0.25) is 0 Å². The molecule has 0 bridgehead atoms. The summed E-state index contributed by atoms with van der Waals surface area (Å²) in [5, 5.41) is 3.36. The number of thiazole rings is 1. The Morgan fingerprint density at radius 3 is 2.48 bits per heavy atom. The van der Waals surface area contributed by atoms with Gasteiger partial charge >= 0.3 is 0 Å². The van der Waals surface area contributed by atoms with Gasteiger partial charge in [-0.25, -0.2) is 4.98 Å². The molecule has 0 saturated carbocycles. The highest BCUT2D eigenvalue weighted by Gasteiger charge is 2.18. The molecule has 0 aliphatic rings. The molecule has 1 aromatic heterocycles. The summed E-state index contributed by atoms with van der Waals surface area (Å²) in [5.74, 6) is 1.58. The molecule has 0 spiro atoms. The number of nitrogens with one attached hydrogen (secondary N) is 1. The number of nitrogens with zero attached hydrogens (tertiary/aromatic N) is 1. The highest BCUT2D eigenvalue weighted by Crippen LogP contribution is 2.34. The molecule has 0 fully saturated rings. The molecule has 5 heteroatoms. The molecule has 1 atom stereocenters. The predicted molar refractivity (Wildman–Crippen MR) is 86.5 cm³/mol. The Balaban J connectivity index is 2.38. The number of hydrogen-bond donors (Lipinski definition) is 1. The van der Waals surface area contributed by atoms with Crippen molar-refractivity contribution in [2.75, 3.05) is 20.3 Å². The van der Waals surface area contributed by atoms with Crippen molar-refractivity contribution in [2.24, 2.45) is 0 Å².